The molecule has 5 aromatic rings. The molecular formula is C24H20ClN7O3. The van der Waals surface area contributed by atoms with Gasteiger partial charge in [-0.2, -0.15) is 5.10 Å². The summed E-state index contributed by atoms with van der Waals surface area (Å²) in [5.74, 6) is 1.81. The number of benzene rings is 2. The van der Waals surface area contributed by atoms with Gasteiger partial charge in [-0.25, -0.2) is 9.97 Å². The van der Waals surface area contributed by atoms with Crippen LogP contribution in [0.5, 0.6) is 11.5 Å². The Kier molecular flexibility index (Phi) is 5.12. The summed E-state index contributed by atoms with van der Waals surface area (Å²) in [6, 6.07) is 9.15. The van der Waals surface area contributed by atoms with Gasteiger partial charge in [0.05, 0.1) is 40.7 Å². The van der Waals surface area contributed by atoms with Gasteiger partial charge >= 0.3 is 0 Å². The first-order valence-corrected chi connectivity index (χ1v) is 11.4. The minimum absolute atomic E-state index is 0.0900. The lowest BCUT2D eigenvalue weighted by Gasteiger charge is -2.35. The lowest BCUT2D eigenvalue weighted by molar-refractivity contribution is -0.142. The van der Waals surface area contributed by atoms with Crippen molar-refractivity contribution in [2.24, 2.45) is 0 Å². The molecule has 3 aromatic heterocycles. The normalized spacial score (nSPS) is 14.0. The van der Waals surface area contributed by atoms with E-state index in [1.807, 2.05) is 25.1 Å². The van der Waals surface area contributed by atoms with Crippen LogP contribution in [0.25, 0.3) is 33.3 Å². The molecule has 1 saturated heterocycles. The lowest BCUT2D eigenvalue weighted by atomic mass is 10.2. The van der Waals surface area contributed by atoms with Crippen LogP contribution in [0.2, 0.25) is 5.02 Å². The van der Waals surface area contributed by atoms with Crippen LogP contribution in [0.3, 0.4) is 0 Å². The summed E-state index contributed by atoms with van der Waals surface area (Å²) in [4.78, 5) is 30.6. The zero-order valence-corrected chi connectivity index (χ0v) is 19.4. The van der Waals surface area contributed by atoms with Gasteiger partial charge in [0.15, 0.2) is 0 Å². The largest absolute Gasteiger partial charge is 0.456 e. The SMILES string of the molecule is Cc1nc2ccc(Oc3ccc4ncc(-c5cnn(CC(=O)N6CC(O)C6)c5)nc4c3Cl)cc2[nH]1. The van der Waals surface area contributed by atoms with Crippen molar-refractivity contribution in [1.82, 2.24) is 34.6 Å². The van der Waals surface area contributed by atoms with E-state index in [2.05, 4.69) is 20.1 Å². The molecule has 176 valence electrons. The fraction of sp³-hybridized carbons (Fsp3) is 0.208. The van der Waals surface area contributed by atoms with Crippen LogP contribution >= 0.6 is 11.6 Å². The number of rotatable bonds is 5. The number of aryl methyl sites for hydroxylation is 1. The van der Waals surface area contributed by atoms with Crippen LogP contribution < -0.4 is 4.74 Å². The highest BCUT2D eigenvalue weighted by molar-refractivity contribution is 6.36. The Morgan fingerprint density at radius 1 is 1.20 bits per heavy atom. The van der Waals surface area contributed by atoms with Crippen molar-refractivity contribution in [2.75, 3.05) is 13.1 Å². The van der Waals surface area contributed by atoms with Gasteiger partial charge in [0.25, 0.3) is 0 Å². The highest BCUT2D eigenvalue weighted by Crippen LogP contribution is 2.35. The second-order valence-corrected chi connectivity index (χ2v) is 8.86. The van der Waals surface area contributed by atoms with Crippen LogP contribution in [0.4, 0.5) is 0 Å². The van der Waals surface area contributed by atoms with Crippen molar-refractivity contribution in [3.63, 3.8) is 0 Å². The predicted molar refractivity (Wildman–Crippen MR) is 129 cm³/mol. The summed E-state index contributed by atoms with van der Waals surface area (Å²) < 4.78 is 7.59. The molecule has 10 nitrogen and oxygen atoms in total. The number of carbonyl (C=O) groups excluding carboxylic acids is 1. The molecule has 1 aliphatic heterocycles. The average Bonchev–Trinajstić information content (AvgIpc) is 3.44. The minimum Gasteiger partial charge on any atom is -0.456 e. The molecule has 0 radical (unpaired) electrons. The predicted octanol–water partition coefficient (Wildman–Crippen LogP) is 3.33. The molecule has 1 amide bonds. The van der Waals surface area contributed by atoms with Crippen molar-refractivity contribution < 1.29 is 14.6 Å². The van der Waals surface area contributed by atoms with Crippen molar-refractivity contribution >= 4 is 39.6 Å². The maximum atomic E-state index is 12.3. The third kappa shape index (κ3) is 4.07. The zero-order chi connectivity index (χ0) is 24.1. The van der Waals surface area contributed by atoms with E-state index in [1.54, 1.807) is 40.3 Å². The third-order valence-corrected chi connectivity index (χ3v) is 6.22. The molecule has 0 bridgehead atoms. The standard InChI is InChI=1S/C24H20ClN7O3/c1-13-28-17-3-2-16(6-19(17)29-13)35-21-5-4-18-24(23(21)25)30-20(8-26-18)14-7-27-32(9-14)12-22(34)31-10-15(33)11-31/h2-9,15,33H,10-12H2,1H3,(H,28,29). The number of β-amino-alcohol motifs (C(OH)–C–C–N with tert-alkyl or cyclic N) is 1. The Morgan fingerprint density at radius 3 is 2.86 bits per heavy atom. The highest BCUT2D eigenvalue weighted by atomic mass is 35.5. The maximum Gasteiger partial charge on any atom is 0.244 e. The Bertz CT molecular complexity index is 1590. The average molecular weight is 490 g/mol. The number of fused-ring (bicyclic) bond motifs is 2. The number of halogens is 1. The first-order valence-electron chi connectivity index (χ1n) is 11.0. The zero-order valence-electron chi connectivity index (χ0n) is 18.6. The molecule has 0 spiro atoms. The Balaban J connectivity index is 1.26. The van der Waals surface area contributed by atoms with Gasteiger partial charge in [-0.15, -0.1) is 0 Å². The number of nitrogens with one attached hydrogen (secondary N) is 1. The van der Waals surface area contributed by atoms with Crippen LogP contribution in [-0.4, -0.2) is 64.8 Å². The fourth-order valence-electron chi connectivity index (χ4n) is 4.03. The van der Waals surface area contributed by atoms with Gasteiger partial charge in [0, 0.05) is 30.9 Å². The van der Waals surface area contributed by atoms with Gasteiger partial charge in [-0.05, 0) is 31.2 Å². The fourth-order valence-corrected chi connectivity index (χ4v) is 4.27. The van der Waals surface area contributed by atoms with Gasteiger partial charge in [0.2, 0.25) is 5.91 Å². The highest BCUT2D eigenvalue weighted by Gasteiger charge is 2.28. The molecule has 0 atom stereocenters. The summed E-state index contributed by atoms with van der Waals surface area (Å²) in [6.07, 6.45) is 4.57. The first kappa shape index (κ1) is 21.5. The molecule has 0 aliphatic carbocycles. The molecule has 6 rings (SSSR count). The Labute approximate surface area is 204 Å². The number of hydrogen-bond donors (Lipinski definition) is 2. The summed E-state index contributed by atoms with van der Waals surface area (Å²) in [6.45, 7) is 2.71. The van der Waals surface area contributed by atoms with E-state index in [-0.39, 0.29) is 12.5 Å². The molecule has 11 heteroatoms. The third-order valence-electron chi connectivity index (χ3n) is 5.86. The molecule has 0 unspecified atom stereocenters. The van der Waals surface area contributed by atoms with Gasteiger partial charge in [0.1, 0.15) is 34.4 Å². The topological polar surface area (TPSA) is 122 Å². The van der Waals surface area contributed by atoms with E-state index in [0.717, 1.165) is 16.9 Å². The monoisotopic (exact) mass is 489 g/mol. The number of aromatic amines is 1. The molecule has 2 aromatic carbocycles. The molecule has 2 N–H and O–H groups in total. The molecule has 1 fully saturated rings. The smallest absolute Gasteiger partial charge is 0.244 e. The maximum absolute atomic E-state index is 12.3. The number of carbonyl (C=O) groups is 1. The van der Waals surface area contributed by atoms with E-state index in [4.69, 9.17) is 21.3 Å². The van der Waals surface area contributed by atoms with E-state index >= 15 is 0 Å². The van der Waals surface area contributed by atoms with Gasteiger partial charge in [-0.1, -0.05) is 11.6 Å². The summed E-state index contributed by atoms with van der Waals surface area (Å²) >= 11 is 6.68. The number of likely N-dealkylation sites (tertiary alicyclic amines) is 1. The summed E-state index contributed by atoms with van der Waals surface area (Å²) in [5.41, 5.74) is 4.14. The Morgan fingerprint density at radius 2 is 2.03 bits per heavy atom. The molecule has 35 heavy (non-hydrogen) atoms. The van der Waals surface area contributed by atoms with Gasteiger partial charge in [-0.3, -0.25) is 14.5 Å². The number of imidazole rings is 1. The van der Waals surface area contributed by atoms with E-state index < -0.39 is 6.10 Å². The summed E-state index contributed by atoms with van der Waals surface area (Å²) in [5, 5.41) is 14.0. The molecular weight excluding hydrogens is 470 g/mol. The van der Waals surface area contributed by atoms with E-state index in [0.29, 0.717) is 51.9 Å². The van der Waals surface area contributed by atoms with E-state index in [1.165, 1.54) is 0 Å². The number of nitrogens with zero attached hydrogens (tertiary/aromatic N) is 6. The number of ether oxygens (including phenoxy) is 1. The number of amides is 1. The van der Waals surface area contributed by atoms with Crippen molar-refractivity contribution in [1.29, 1.82) is 0 Å². The molecule has 1 aliphatic rings. The second-order valence-electron chi connectivity index (χ2n) is 8.48. The molecule has 4 heterocycles. The number of hydrogen-bond acceptors (Lipinski definition) is 7. The van der Waals surface area contributed by atoms with Crippen LogP contribution in [0.15, 0.2) is 48.9 Å². The van der Waals surface area contributed by atoms with Crippen LogP contribution in [0.1, 0.15) is 5.82 Å². The molecule has 0 saturated carbocycles. The van der Waals surface area contributed by atoms with Crippen LogP contribution in [0, 0.1) is 6.92 Å². The number of H-pyrrole nitrogens is 1. The Hall–Kier alpha value is -4.02. The number of aromatic nitrogens is 6. The van der Waals surface area contributed by atoms with Crippen LogP contribution in [-0.2, 0) is 11.3 Å². The first-order chi connectivity index (χ1) is 16.9. The van der Waals surface area contributed by atoms with Gasteiger partial charge < -0.3 is 19.7 Å². The number of aliphatic hydroxyl groups excluding tert-OH is 1. The van der Waals surface area contributed by atoms with Crippen molar-refractivity contribution in [3.05, 3.63) is 59.8 Å². The lowest BCUT2D eigenvalue weighted by Crippen LogP contribution is -2.54. The summed E-state index contributed by atoms with van der Waals surface area (Å²) in [7, 11) is 0. The minimum atomic E-state index is -0.434. The van der Waals surface area contributed by atoms with E-state index in [9.17, 15) is 9.90 Å². The van der Waals surface area contributed by atoms with Crippen molar-refractivity contribution in [3.8, 4) is 22.8 Å². The second kappa shape index (κ2) is 8.33. The quantitative estimate of drug-likeness (QED) is 0.388. The van der Waals surface area contributed by atoms with Crippen molar-refractivity contribution in [2.45, 2.75) is 19.6 Å². The number of aliphatic hydroxyl groups is 1.